The van der Waals surface area contributed by atoms with E-state index < -0.39 is 6.09 Å². The van der Waals surface area contributed by atoms with Gasteiger partial charge in [0.15, 0.2) is 5.78 Å². The molecule has 1 heterocycles. The number of rotatable bonds is 3. The zero-order valence-electron chi connectivity index (χ0n) is 14.1. The highest BCUT2D eigenvalue weighted by molar-refractivity contribution is 7.12. The van der Waals surface area contributed by atoms with Gasteiger partial charge < -0.3 is 10.4 Å². The molecule has 0 aliphatic heterocycles. The molecule has 2 aromatic rings. The summed E-state index contributed by atoms with van der Waals surface area (Å²) in [5.41, 5.74) is 4.06. The van der Waals surface area contributed by atoms with Crippen LogP contribution in [0, 0.1) is 5.41 Å². The molecular weight excluding hydrogens is 322 g/mol. The van der Waals surface area contributed by atoms with Crippen molar-refractivity contribution in [3.63, 3.8) is 0 Å². The molecule has 1 amide bonds. The van der Waals surface area contributed by atoms with Gasteiger partial charge in [-0.3, -0.25) is 4.79 Å². The van der Waals surface area contributed by atoms with Crippen LogP contribution in [0.2, 0.25) is 0 Å². The van der Waals surface area contributed by atoms with Gasteiger partial charge in [0.05, 0.1) is 10.9 Å². The summed E-state index contributed by atoms with van der Waals surface area (Å²) >= 11 is 1.46. The Morgan fingerprint density at radius 3 is 2.71 bits per heavy atom. The van der Waals surface area contributed by atoms with Crippen molar-refractivity contribution >= 4 is 23.2 Å². The van der Waals surface area contributed by atoms with Crippen molar-refractivity contribution in [2.45, 2.75) is 39.7 Å². The van der Waals surface area contributed by atoms with Crippen molar-refractivity contribution in [3.05, 3.63) is 45.6 Å². The second-order valence-corrected chi connectivity index (χ2v) is 7.92. The van der Waals surface area contributed by atoms with Gasteiger partial charge in [0.25, 0.3) is 0 Å². The lowest BCUT2D eigenvalue weighted by Gasteiger charge is -2.40. The summed E-state index contributed by atoms with van der Waals surface area (Å²) in [5.74, 6) is 0.0734. The molecule has 5 heteroatoms. The van der Waals surface area contributed by atoms with E-state index in [4.69, 9.17) is 0 Å². The summed E-state index contributed by atoms with van der Waals surface area (Å²) in [6.45, 7) is 5.78. The molecular formula is C19H21NO3S. The lowest BCUT2D eigenvalue weighted by molar-refractivity contribution is 0.102. The first-order chi connectivity index (χ1) is 11.3. The van der Waals surface area contributed by atoms with Gasteiger partial charge in [0.1, 0.15) is 0 Å². The average Bonchev–Trinajstić information content (AvgIpc) is 2.99. The standard InChI is InChI=1S/C19H21NO3S/c1-11(21)16-14(7-9-24-16)12-4-5-15-13(10-12)6-8-19(2,3)17(15)20-18(22)23/h4-5,7,9-10,17,20H,6,8H2,1-3H3,(H,22,23)/t17-/m1/s1. The van der Waals surface area contributed by atoms with E-state index in [1.165, 1.54) is 11.3 Å². The van der Waals surface area contributed by atoms with Crippen LogP contribution in [-0.2, 0) is 6.42 Å². The van der Waals surface area contributed by atoms with Crippen LogP contribution in [0.15, 0.2) is 29.6 Å². The maximum Gasteiger partial charge on any atom is 0.405 e. The number of fused-ring (bicyclic) bond motifs is 1. The number of benzene rings is 1. The fourth-order valence-corrected chi connectivity index (χ4v) is 4.32. The van der Waals surface area contributed by atoms with Crippen LogP contribution in [0.1, 0.15) is 54.0 Å². The largest absolute Gasteiger partial charge is 0.465 e. The van der Waals surface area contributed by atoms with E-state index in [9.17, 15) is 14.7 Å². The quantitative estimate of drug-likeness (QED) is 0.779. The van der Waals surface area contributed by atoms with E-state index in [0.717, 1.165) is 40.0 Å². The molecule has 3 rings (SSSR count). The number of Topliss-reactive ketones (excluding diaryl/α,β-unsaturated/α-hetero) is 1. The third-order valence-electron chi connectivity index (χ3n) is 4.84. The predicted molar refractivity (Wildman–Crippen MR) is 95.8 cm³/mol. The van der Waals surface area contributed by atoms with Crippen molar-refractivity contribution in [3.8, 4) is 11.1 Å². The van der Waals surface area contributed by atoms with Crippen molar-refractivity contribution < 1.29 is 14.7 Å². The van der Waals surface area contributed by atoms with E-state index in [2.05, 4.69) is 25.2 Å². The van der Waals surface area contributed by atoms with Gasteiger partial charge in [-0.15, -0.1) is 11.3 Å². The summed E-state index contributed by atoms with van der Waals surface area (Å²) in [7, 11) is 0. The van der Waals surface area contributed by atoms with Crippen LogP contribution in [-0.4, -0.2) is 17.0 Å². The molecule has 1 aromatic heterocycles. The third-order valence-corrected chi connectivity index (χ3v) is 5.85. The van der Waals surface area contributed by atoms with E-state index >= 15 is 0 Å². The molecule has 1 atom stereocenters. The minimum Gasteiger partial charge on any atom is -0.465 e. The van der Waals surface area contributed by atoms with Crippen LogP contribution >= 0.6 is 11.3 Å². The lowest BCUT2D eigenvalue weighted by Crippen LogP contribution is -2.40. The van der Waals surface area contributed by atoms with Gasteiger partial charge in [-0.1, -0.05) is 32.0 Å². The van der Waals surface area contributed by atoms with Gasteiger partial charge in [0.2, 0.25) is 0 Å². The molecule has 0 unspecified atom stereocenters. The summed E-state index contributed by atoms with van der Waals surface area (Å²) in [6.07, 6.45) is 0.826. The Kier molecular flexibility index (Phi) is 4.22. The maximum atomic E-state index is 11.8. The van der Waals surface area contributed by atoms with E-state index in [1.54, 1.807) is 6.92 Å². The first kappa shape index (κ1) is 16.7. The SMILES string of the molecule is CC(=O)c1sccc1-c1ccc2c(c1)CCC(C)(C)[C@@H]2NC(=O)O. The van der Waals surface area contributed by atoms with Crippen LogP contribution in [0.5, 0.6) is 0 Å². The molecule has 0 bridgehead atoms. The number of carbonyl (C=O) groups is 2. The van der Waals surface area contributed by atoms with Crippen molar-refractivity contribution in [2.75, 3.05) is 0 Å². The Morgan fingerprint density at radius 2 is 2.04 bits per heavy atom. The number of amides is 1. The molecule has 4 nitrogen and oxygen atoms in total. The van der Waals surface area contributed by atoms with Gasteiger partial charge in [-0.05, 0) is 53.3 Å². The number of aryl methyl sites for hydroxylation is 1. The van der Waals surface area contributed by atoms with Crippen LogP contribution in [0.3, 0.4) is 0 Å². The Labute approximate surface area is 145 Å². The predicted octanol–water partition coefficient (Wildman–Crippen LogP) is 4.90. The van der Waals surface area contributed by atoms with Crippen LogP contribution in [0.25, 0.3) is 11.1 Å². The van der Waals surface area contributed by atoms with E-state index in [0.29, 0.717) is 0 Å². The molecule has 126 valence electrons. The smallest absolute Gasteiger partial charge is 0.405 e. The number of ketones is 1. The third kappa shape index (κ3) is 2.96. The van der Waals surface area contributed by atoms with Gasteiger partial charge in [-0.25, -0.2) is 4.79 Å². The Morgan fingerprint density at radius 1 is 1.29 bits per heavy atom. The molecule has 0 radical (unpaired) electrons. The summed E-state index contributed by atoms with van der Waals surface area (Å²) in [4.78, 5) is 23.7. The molecule has 0 fully saturated rings. The van der Waals surface area contributed by atoms with Gasteiger partial charge in [-0.2, -0.15) is 0 Å². The summed E-state index contributed by atoms with van der Waals surface area (Å²) < 4.78 is 0. The number of thiophene rings is 1. The molecule has 24 heavy (non-hydrogen) atoms. The first-order valence-corrected chi connectivity index (χ1v) is 8.88. The van der Waals surface area contributed by atoms with Gasteiger partial charge in [0, 0.05) is 5.56 Å². The molecule has 1 aliphatic carbocycles. The number of carbonyl (C=O) groups excluding carboxylic acids is 1. The average molecular weight is 343 g/mol. The maximum absolute atomic E-state index is 11.8. The Bertz CT molecular complexity index is 807. The van der Waals surface area contributed by atoms with E-state index in [-0.39, 0.29) is 17.2 Å². The van der Waals surface area contributed by atoms with Crippen molar-refractivity contribution in [1.29, 1.82) is 0 Å². The number of nitrogens with one attached hydrogen (secondary N) is 1. The highest BCUT2D eigenvalue weighted by atomic mass is 32.1. The van der Waals surface area contributed by atoms with Crippen LogP contribution in [0.4, 0.5) is 4.79 Å². The topological polar surface area (TPSA) is 66.4 Å². The normalized spacial score (nSPS) is 18.7. The van der Waals surface area contributed by atoms with Crippen molar-refractivity contribution in [1.82, 2.24) is 5.32 Å². The molecule has 2 N–H and O–H groups in total. The zero-order chi connectivity index (χ0) is 17.5. The first-order valence-electron chi connectivity index (χ1n) is 8.00. The molecule has 1 aromatic carbocycles. The highest BCUT2D eigenvalue weighted by Gasteiger charge is 2.37. The van der Waals surface area contributed by atoms with Crippen LogP contribution < -0.4 is 5.32 Å². The van der Waals surface area contributed by atoms with E-state index in [1.807, 2.05) is 23.6 Å². The summed E-state index contributed by atoms with van der Waals surface area (Å²) in [6, 6.07) is 7.86. The minimum absolute atomic E-state index is 0.0734. The highest BCUT2D eigenvalue weighted by Crippen LogP contribution is 2.44. The summed E-state index contributed by atoms with van der Waals surface area (Å²) in [5, 5.41) is 13.8. The Hall–Kier alpha value is -2.14. The molecule has 0 saturated heterocycles. The monoisotopic (exact) mass is 343 g/mol. The second kappa shape index (κ2) is 6.06. The molecule has 0 spiro atoms. The number of hydrogen-bond donors (Lipinski definition) is 2. The fraction of sp³-hybridized carbons (Fsp3) is 0.368. The lowest BCUT2D eigenvalue weighted by atomic mass is 9.70. The zero-order valence-corrected chi connectivity index (χ0v) is 14.9. The van der Waals surface area contributed by atoms with Gasteiger partial charge >= 0.3 is 6.09 Å². The number of carboxylic acid groups (broad SMARTS) is 1. The fourth-order valence-electron chi connectivity index (χ4n) is 3.50. The Balaban J connectivity index is 2.04. The minimum atomic E-state index is -0.998. The molecule has 1 aliphatic rings. The molecule has 0 saturated carbocycles. The number of hydrogen-bond acceptors (Lipinski definition) is 3. The van der Waals surface area contributed by atoms with Crippen molar-refractivity contribution in [2.24, 2.45) is 5.41 Å². The second-order valence-electron chi connectivity index (χ2n) is 7.00.